The van der Waals surface area contributed by atoms with E-state index in [-0.39, 0.29) is 0 Å². The summed E-state index contributed by atoms with van der Waals surface area (Å²) in [5.74, 6) is 1.02. The third-order valence-corrected chi connectivity index (χ3v) is 4.28. The minimum absolute atomic E-state index is 0.850. The lowest BCUT2D eigenvalue weighted by molar-refractivity contribution is 0.819. The van der Waals surface area contributed by atoms with Gasteiger partial charge >= 0.3 is 0 Å². The highest BCUT2D eigenvalue weighted by atomic mass is 32.1. The Morgan fingerprint density at radius 2 is 2.10 bits per heavy atom. The Morgan fingerprint density at radius 1 is 1.24 bits per heavy atom. The van der Waals surface area contributed by atoms with Crippen LogP contribution in [-0.4, -0.2) is 19.1 Å². The lowest BCUT2D eigenvalue weighted by Gasteiger charge is -2.19. The maximum absolute atomic E-state index is 4.80. The molecule has 0 aliphatic carbocycles. The Labute approximate surface area is 129 Å². The number of hydrogen-bond donors (Lipinski definition) is 1. The Bertz CT molecular complexity index is 722. The molecule has 3 aromatic rings. The number of rotatable bonds is 5. The number of para-hydroxylation sites is 1. The van der Waals surface area contributed by atoms with Gasteiger partial charge in [-0.2, -0.15) is 11.3 Å². The van der Waals surface area contributed by atoms with E-state index in [1.807, 2.05) is 13.1 Å². The molecule has 3 rings (SSSR count). The van der Waals surface area contributed by atoms with Gasteiger partial charge in [-0.15, -0.1) is 0 Å². The standard InChI is InChI=1S/C17H19N3S/c1-18-10-14-9-17(19-16-6-4-3-5-15(14)16)20(2)11-13-7-8-21-12-13/h3-9,12,18H,10-11H2,1-2H3. The fourth-order valence-corrected chi connectivity index (χ4v) is 3.16. The van der Waals surface area contributed by atoms with Crippen LogP contribution in [0.2, 0.25) is 0 Å². The van der Waals surface area contributed by atoms with Gasteiger partial charge in [-0.25, -0.2) is 4.98 Å². The van der Waals surface area contributed by atoms with Crippen molar-refractivity contribution in [2.75, 3.05) is 19.0 Å². The average Bonchev–Trinajstić information content (AvgIpc) is 3.00. The van der Waals surface area contributed by atoms with E-state index >= 15 is 0 Å². The third kappa shape index (κ3) is 3.06. The second-order valence-electron chi connectivity index (χ2n) is 5.17. The molecule has 4 heteroatoms. The van der Waals surface area contributed by atoms with E-state index in [0.717, 1.165) is 24.4 Å². The van der Waals surface area contributed by atoms with Crippen LogP contribution < -0.4 is 10.2 Å². The van der Waals surface area contributed by atoms with E-state index in [0.29, 0.717) is 0 Å². The van der Waals surface area contributed by atoms with Gasteiger partial charge in [0.1, 0.15) is 5.82 Å². The van der Waals surface area contributed by atoms with Crippen LogP contribution in [0.3, 0.4) is 0 Å². The van der Waals surface area contributed by atoms with Crippen molar-refractivity contribution in [1.82, 2.24) is 10.3 Å². The number of thiophene rings is 1. The number of nitrogens with zero attached hydrogens (tertiary/aromatic N) is 2. The van der Waals surface area contributed by atoms with Gasteiger partial charge in [0.2, 0.25) is 0 Å². The Morgan fingerprint density at radius 3 is 2.86 bits per heavy atom. The summed E-state index contributed by atoms with van der Waals surface area (Å²) in [6.45, 7) is 1.73. The van der Waals surface area contributed by atoms with Crippen molar-refractivity contribution < 1.29 is 0 Å². The molecule has 0 atom stereocenters. The van der Waals surface area contributed by atoms with Gasteiger partial charge in [0.25, 0.3) is 0 Å². The van der Waals surface area contributed by atoms with Gasteiger partial charge in [0, 0.05) is 25.5 Å². The molecular formula is C17H19N3S. The number of anilines is 1. The molecule has 3 nitrogen and oxygen atoms in total. The Balaban J connectivity index is 1.98. The summed E-state index contributed by atoms with van der Waals surface area (Å²) in [5.41, 5.74) is 3.67. The zero-order valence-corrected chi connectivity index (χ0v) is 13.2. The van der Waals surface area contributed by atoms with Crippen molar-refractivity contribution >= 4 is 28.1 Å². The van der Waals surface area contributed by atoms with E-state index in [1.54, 1.807) is 11.3 Å². The lowest BCUT2D eigenvalue weighted by atomic mass is 10.1. The largest absolute Gasteiger partial charge is 0.355 e. The van der Waals surface area contributed by atoms with Crippen LogP contribution in [0, 0.1) is 0 Å². The fourth-order valence-electron chi connectivity index (χ4n) is 2.50. The van der Waals surface area contributed by atoms with E-state index in [9.17, 15) is 0 Å². The molecule has 0 saturated heterocycles. The van der Waals surface area contributed by atoms with Gasteiger partial charge in [-0.05, 0) is 47.1 Å². The second kappa shape index (κ2) is 6.24. The lowest BCUT2D eigenvalue weighted by Crippen LogP contribution is -2.18. The number of benzene rings is 1. The van der Waals surface area contributed by atoms with Gasteiger partial charge in [0.05, 0.1) is 5.52 Å². The first-order chi connectivity index (χ1) is 10.3. The smallest absolute Gasteiger partial charge is 0.129 e. The third-order valence-electron chi connectivity index (χ3n) is 3.55. The molecule has 1 aromatic carbocycles. The minimum atomic E-state index is 0.850. The first-order valence-electron chi connectivity index (χ1n) is 7.03. The van der Waals surface area contributed by atoms with Crippen LogP contribution >= 0.6 is 11.3 Å². The summed E-state index contributed by atoms with van der Waals surface area (Å²) < 4.78 is 0. The highest BCUT2D eigenvalue weighted by molar-refractivity contribution is 7.07. The molecular weight excluding hydrogens is 278 g/mol. The van der Waals surface area contributed by atoms with Crippen molar-refractivity contribution in [3.63, 3.8) is 0 Å². The molecule has 0 fully saturated rings. The van der Waals surface area contributed by atoms with Crippen molar-refractivity contribution in [2.24, 2.45) is 0 Å². The van der Waals surface area contributed by atoms with E-state index in [2.05, 4.69) is 58.4 Å². The quantitative estimate of drug-likeness (QED) is 0.779. The van der Waals surface area contributed by atoms with Crippen LogP contribution in [0.15, 0.2) is 47.2 Å². The predicted molar refractivity (Wildman–Crippen MR) is 90.9 cm³/mol. The molecule has 0 unspecified atom stereocenters. The van der Waals surface area contributed by atoms with Crippen LogP contribution in [0.25, 0.3) is 10.9 Å². The molecule has 2 aromatic heterocycles. The molecule has 108 valence electrons. The van der Waals surface area contributed by atoms with Gasteiger partial charge in [-0.1, -0.05) is 18.2 Å². The van der Waals surface area contributed by atoms with E-state index in [1.165, 1.54) is 16.5 Å². The van der Waals surface area contributed by atoms with Crippen LogP contribution in [0.4, 0.5) is 5.82 Å². The summed E-state index contributed by atoms with van der Waals surface area (Å²) in [6, 6.07) is 12.7. The predicted octanol–water partition coefficient (Wildman–Crippen LogP) is 3.65. The van der Waals surface area contributed by atoms with Gasteiger partial charge in [-0.3, -0.25) is 0 Å². The van der Waals surface area contributed by atoms with Crippen molar-refractivity contribution in [3.8, 4) is 0 Å². The molecule has 0 bridgehead atoms. The molecule has 0 amide bonds. The van der Waals surface area contributed by atoms with E-state index in [4.69, 9.17) is 4.98 Å². The van der Waals surface area contributed by atoms with Crippen molar-refractivity contribution in [1.29, 1.82) is 0 Å². The summed E-state index contributed by atoms with van der Waals surface area (Å²) in [4.78, 5) is 7.00. The number of pyridine rings is 1. The topological polar surface area (TPSA) is 28.2 Å². The normalized spacial score (nSPS) is 11.0. The number of aromatic nitrogens is 1. The molecule has 0 spiro atoms. The first kappa shape index (κ1) is 14.0. The summed E-state index contributed by atoms with van der Waals surface area (Å²) >= 11 is 1.73. The maximum Gasteiger partial charge on any atom is 0.129 e. The average molecular weight is 297 g/mol. The highest BCUT2D eigenvalue weighted by Gasteiger charge is 2.09. The summed E-state index contributed by atoms with van der Waals surface area (Å²) in [6.07, 6.45) is 0. The highest BCUT2D eigenvalue weighted by Crippen LogP contribution is 2.23. The zero-order valence-electron chi connectivity index (χ0n) is 12.3. The zero-order chi connectivity index (χ0) is 14.7. The molecule has 0 radical (unpaired) electrons. The second-order valence-corrected chi connectivity index (χ2v) is 5.95. The summed E-state index contributed by atoms with van der Waals surface area (Å²) in [5, 5.41) is 8.77. The maximum atomic E-state index is 4.80. The fraction of sp³-hybridized carbons (Fsp3) is 0.235. The SMILES string of the molecule is CNCc1cc(N(C)Cc2ccsc2)nc2ccccc12. The van der Waals surface area contributed by atoms with Crippen molar-refractivity contribution in [3.05, 3.63) is 58.3 Å². The van der Waals surface area contributed by atoms with Crippen LogP contribution in [0.5, 0.6) is 0 Å². The molecule has 0 aliphatic heterocycles. The number of nitrogens with one attached hydrogen (secondary N) is 1. The molecule has 0 aliphatic rings. The summed E-state index contributed by atoms with van der Waals surface area (Å²) in [7, 11) is 4.07. The van der Waals surface area contributed by atoms with E-state index < -0.39 is 0 Å². The molecule has 0 saturated carbocycles. The van der Waals surface area contributed by atoms with Crippen LogP contribution in [-0.2, 0) is 13.1 Å². The number of fused-ring (bicyclic) bond motifs is 1. The van der Waals surface area contributed by atoms with Crippen LogP contribution in [0.1, 0.15) is 11.1 Å². The molecule has 21 heavy (non-hydrogen) atoms. The molecule has 1 N–H and O–H groups in total. The minimum Gasteiger partial charge on any atom is -0.355 e. The Kier molecular flexibility index (Phi) is 4.18. The monoisotopic (exact) mass is 297 g/mol. The van der Waals surface area contributed by atoms with Gasteiger partial charge in [0.15, 0.2) is 0 Å². The Hall–Kier alpha value is -1.91. The first-order valence-corrected chi connectivity index (χ1v) is 7.97. The molecule has 2 heterocycles. The van der Waals surface area contributed by atoms with Crippen molar-refractivity contribution in [2.45, 2.75) is 13.1 Å². The van der Waals surface area contributed by atoms with Gasteiger partial charge < -0.3 is 10.2 Å². The number of hydrogen-bond acceptors (Lipinski definition) is 4.